The number of thioether (sulfide) groups is 1. The zero-order valence-corrected chi connectivity index (χ0v) is 13.2. The van der Waals surface area contributed by atoms with E-state index in [1.807, 2.05) is 13.2 Å². The molecule has 0 aliphatic carbocycles. The maximum absolute atomic E-state index is 11.6. The Balaban J connectivity index is 2.26. The molecule has 0 saturated carbocycles. The van der Waals surface area contributed by atoms with Gasteiger partial charge in [0.05, 0.1) is 5.56 Å². The van der Waals surface area contributed by atoms with Crippen LogP contribution in [-0.2, 0) is 6.42 Å². The summed E-state index contributed by atoms with van der Waals surface area (Å²) in [5, 5.41) is 14.5. The number of carbonyl (C=O) groups is 2. The largest absolute Gasteiger partial charge is 0.478 e. The van der Waals surface area contributed by atoms with E-state index in [0.717, 1.165) is 17.7 Å². The Bertz CT molecular complexity index is 462. The molecule has 1 aromatic rings. The van der Waals surface area contributed by atoms with Gasteiger partial charge in [-0.25, -0.2) is 9.59 Å². The van der Waals surface area contributed by atoms with Gasteiger partial charge in [0.2, 0.25) is 0 Å². The number of carboxylic acids is 1. The lowest BCUT2D eigenvalue weighted by atomic mass is 10.1. The molecule has 3 N–H and O–H groups in total. The number of nitrogens with one attached hydrogen (secondary N) is 2. The molecule has 1 atom stereocenters. The Kier molecular flexibility index (Phi) is 7.68. The van der Waals surface area contributed by atoms with Crippen LogP contribution >= 0.6 is 11.8 Å². The number of carbonyl (C=O) groups excluding carboxylic acids is 1. The summed E-state index contributed by atoms with van der Waals surface area (Å²) in [5.41, 5.74) is 1.27. The molecule has 0 aromatic heterocycles. The van der Waals surface area contributed by atoms with Crippen LogP contribution in [0.15, 0.2) is 24.3 Å². The van der Waals surface area contributed by atoms with E-state index in [9.17, 15) is 9.59 Å². The van der Waals surface area contributed by atoms with Crippen molar-refractivity contribution in [1.29, 1.82) is 0 Å². The van der Waals surface area contributed by atoms with Crippen LogP contribution in [0.25, 0.3) is 0 Å². The monoisotopic (exact) mass is 310 g/mol. The number of urea groups is 1. The second-order valence-corrected chi connectivity index (χ2v) is 5.82. The minimum Gasteiger partial charge on any atom is -0.478 e. The molecule has 0 aliphatic heterocycles. The second kappa shape index (κ2) is 9.28. The molecular weight excluding hydrogens is 288 g/mol. The van der Waals surface area contributed by atoms with Gasteiger partial charge in [-0.2, -0.15) is 11.8 Å². The maximum Gasteiger partial charge on any atom is 0.335 e. The molecule has 116 valence electrons. The average molecular weight is 310 g/mol. The Labute approximate surface area is 129 Å². The third-order valence-corrected chi connectivity index (χ3v) is 3.68. The molecule has 0 fully saturated rings. The minimum atomic E-state index is -0.932. The first kappa shape index (κ1) is 17.4. The highest BCUT2D eigenvalue weighted by atomic mass is 32.2. The summed E-state index contributed by atoms with van der Waals surface area (Å²) in [6.07, 6.45) is 3.67. The van der Waals surface area contributed by atoms with Gasteiger partial charge in [-0.05, 0) is 49.5 Å². The lowest BCUT2D eigenvalue weighted by Gasteiger charge is -2.14. The lowest BCUT2D eigenvalue weighted by Crippen LogP contribution is -2.41. The standard InChI is InChI=1S/C15H22N2O3S/c1-11(8-10-21-2)17-15(20)16-9-7-12-3-5-13(6-4-12)14(18)19/h3-6,11H,7-10H2,1-2H3,(H,18,19)(H2,16,17,20). The fourth-order valence-electron chi connectivity index (χ4n) is 1.78. The van der Waals surface area contributed by atoms with Gasteiger partial charge >= 0.3 is 12.0 Å². The van der Waals surface area contributed by atoms with Crippen LogP contribution < -0.4 is 10.6 Å². The molecule has 0 heterocycles. The third-order valence-electron chi connectivity index (χ3n) is 3.03. The van der Waals surface area contributed by atoms with Crippen molar-refractivity contribution >= 4 is 23.8 Å². The Morgan fingerprint density at radius 2 is 1.95 bits per heavy atom. The number of amides is 2. The van der Waals surface area contributed by atoms with Crippen molar-refractivity contribution in [3.8, 4) is 0 Å². The maximum atomic E-state index is 11.6. The Morgan fingerprint density at radius 1 is 1.29 bits per heavy atom. The van der Waals surface area contributed by atoms with Gasteiger partial charge in [-0.3, -0.25) is 0 Å². The number of rotatable bonds is 8. The van der Waals surface area contributed by atoms with E-state index in [1.165, 1.54) is 0 Å². The molecule has 21 heavy (non-hydrogen) atoms. The first-order valence-corrected chi connectivity index (χ1v) is 8.28. The Morgan fingerprint density at radius 3 is 2.52 bits per heavy atom. The molecule has 0 spiro atoms. The fourth-order valence-corrected chi connectivity index (χ4v) is 2.37. The molecule has 0 radical (unpaired) electrons. The minimum absolute atomic E-state index is 0.160. The summed E-state index contributed by atoms with van der Waals surface area (Å²) in [6, 6.07) is 6.68. The normalized spacial score (nSPS) is 11.7. The molecule has 0 aliphatic rings. The topological polar surface area (TPSA) is 78.4 Å². The molecule has 0 bridgehead atoms. The van der Waals surface area contributed by atoms with Crippen molar-refractivity contribution in [1.82, 2.24) is 10.6 Å². The van der Waals surface area contributed by atoms with Gasteiger partial charge in [0, 0.05) is 12.6 Å². The van der Waals surface area contributed by atoms with E-state index >= 15 is 0 Å². The van der Waals surface area contributed by atoms with Crippen molar-refractivity contribution < 1.29 is 14.7 Å². The van der Waals surface area contributed by atoms with Crippen molar-refractivity contribution in [2.75, 3.05) is 18.6 Å². The zero-order chi connectivity index (χ0) is 15.7. The molecule has 2 amide bonds. The molecule has 6 heteroatoms. The molecule has 1 rings (SSSR count). The van der Waals surface area contributed by atoms with Crippen molar-refractivity contribution in [3.05, 3.63) is 35.4 Å². The van der Waals surface area contributed by atoms with Crippen LogP contribution in [0, 0.1) is 0 Å². The van der Waals surface area contributed by atoms with Crippen LogP contribution in [0.3, 0.4) is 0 Å². The van der Waals surface area contributed by atoms with E-state index in [0.29, 0.717) is 13.0 Å². The fraction of sp³-hybridized carbons (Fsp3) is 0.467. The van der Waals surface area contributed by atoms with Crippen LogP contribution in [-0.4, -0.2) is 41.7 Å². The van der Waals surface area contributed by atoms with E-state index < -0.39 is 5.97 Å². The smallest absolute Gasteiger partial charge is 0.335 e. The van der Waals surface area contributed by atoms with Crippen LogP contribution in [0.4, 0.5) is 4.79 Å². The molecule has 1 aromatic carbocycles. The van der Waals surface area contributed by atoms with Crippen molar-refractivity contribution in [2.24, 2.45) is 0 Å². The van der Waals surface area contributed by atoms with Crippen molar-refractivity contribution in [3.63, 3.8) is 0 Å². The van der Waals surface area contributed by atoms with Gasteiger partial charge in [-0.1, -0.05) is 12.1 Å². The number of hydrogen-bond acceptors (Lipinski definition) is 3. The summed E-state index contributed by atoms with van der Waals surface area (Å²) in [7, 11) is 0. The quantitative estimate of drug-likeness (QED) is 0.689. The van der Waals surface area contributed by atoms with Crippen molar-refractivity contribution in [2.45, 2.75) is 25.8 Å². The SMILES string of the molecule is CSCCC(C)NC(=O)NCCc1ccc(C(=O)O)cc1. The van der Waals surface area contributed by atoms with Crippen LogP contribution in [0.5, 0.6) is 0 Å². The molecule has 1 unspecified atom stereocenters. The summed E-state index contributed by atoms with van der Waals surface area (Å²) in [6.45, 7) is 2.51. The highest BCUT2D eigenvalue weighted by Gasteiger charge is 2.06. The first-order valence-electron chi connectivity index (χ1n) is 6.88. The van der Waals surface area contributed by atoms with E-state index in [-0.39, 0.29) is 17.6 Å². The van der Waals surface area contributed by atoms with Crippen LogP contribution in [0.1, 0.15) is 29.3 Å². The van der Waals surface area contributed by atoms with Gasteiger partial charge < -0.3 is 15.7 Å². The van der Waals surface area contributed by atoms with Gasteiger partial charge in [0.1, 0.15) is 0 Å². The number of aromatic carboxylic acids is 1. The van der Waals surface area contributed by atoms with Gasteiger partial charge in [0.25, 0.3) is 0 Å². The third kappa shape index (κ3) is 7.04. The van der Waals surface area contributed by atoms with Gasteiger partial charge in [-0.15, -0.1) is 0 Å². The molecular formula is C15H22N2O3S. The molecule has 0 saturated heterocycles. The highest BCUT2D eigenvalue weighted by Crippen LogP contribution is 2.05. The molecule has 5 nitrogen and oxygen atoms in total. The predicted octanol–water partition coefficient (Wildman–Crippen LogP) is 2.37. The summed E-state index contributed by atoms with van der Waals surface area (Å²) < 4.78 is 0. The first-order chi connectivity index (χ1) is 10.0. The van der Waals surface area contributed by atoms with E-state index in [1.54, 1.807) is 36.0 Å². The summed E-state index contributed by atoms with van der Waals surface area (Å²) in [4.78, 5) is 22.4. The number of carboxylic acid groups (broad SMARTS) is 1. The van der Waals surface area contributed by atoms with Crippen LogP contribution in [0.2, 0.25) is 0 Å². The number of hydrogen-bond donors (Lipinski definition) is 3. The highest BCUT2D eigenvalue weighted by molar-refractivity contribution is 7.98. The van der Waals surface area contributed by atoms with Gasteiger partial charge in [0.15, 0.2) is 0 Å². The van der Waals surface area contributed by atoms with E-state index in [2.05, 4.69) is 10.6 Å². The van der Waals surface area contributed by atoms with E-state index in [4.69, 9.17) is 5.11 Å². The second-order valence-electron chi connectivity index (χ2n) is 4.83. The zero-order valence-electron chi connectivity index (χ0n) is 12.4. The summed E-state index contributed by atoms with van der Waals surface area (Å²) in [5.74, 6) is 0.0930. The lowest BCUT2D eigenvalue weighted by molar-refractivity contribution is 0.0697. The summed E-state index contributed by atoms with van der Waals surface area (Å²) >= 11 is 1.76. The average Bonchev–Trinajstić information content (AvgIpc) is 2.45. The predicted molar refractivity (Wildman–Crippen MR) is 86.1 cm³/mol. The Hall–Kier alpha value is -1.69. The number of benzene rings is 1.